The van der Waals surface area contributed by atoms with E-state index in [1.807, 2.05) is 54.6 Å². The number of rotatable bonds is 6. The first-order valence-corrected chi connectivity index (χ1v) is 11.3. The molecule has 1 N–H and O–H groups in total. The third kappa shape index (κ3) is 4.18. The van der Waals surface area contributed by atoms with Crippen LogP contribution in [-0.2, 0) is 4.79 Å². The standard InChI is InChI=1S/C27H24N4O3/c1-33-23-13-7-8-18-15-24(34-26(18)23)25-20(17-31(30-25)22-11-3-2-4-12-22)14-19(16-28)27(32)29-21-9-5-6-10-21/h2-4,7-8,11-15,17,21H,5-6,9-10H2,1H3,(H,29,32)/b19-14-. The van der Waals surface area contributed by atoms with Gasteiger partial charge in [-0.25, -0.2) is 4.68 Å². The van der Waals surface area contributed by atoms with Crippen molar-refractivity contribution >= 4 is 23.0 Å². The Hall–Kier alpha value is -4.31. The predicted octanol–water partition coefficient (Wildman–Crippen LogP) is 5.26. The van der Waals surface area contributed by atoms with Crippen LogP contribution in [0.1, 0.15) is 31.2 Å². The number of carbonyl (C=O) groups is 1. The van der Waals surface area contributed by atoms with Gasteiger partial charge in [0.2, 0.25) is 0 Å². The summed E-state index contributed by atoms with van der Waals surface area (Å²) in [6.45, 7) is 0. The second-order valence-electron chi connectivity index (χ2n) is 8.33. The van der Waals surface area contributed by atoms with Gasteiger partial charge in [0.1, 0.15) is 17.3 Å². The number of carbonyl (C=O) groups excluding carboxylic acids is 1. The predicted molar refractivity (Wildman–Crippen MR) is 129 cm³/mol. The summed E-state index contributed by atoms with van der Waals surface area (Å²) in [5.41, 5.74) is 2.65. The number of amides is 1. The smallest absolute Gasteiger partial charge is 0.262 e. The van der Waals surface area contributed by atoms with Gasteiger partial charge in [-0.2, -0.15) is 10.4 Å². The number of nitriles is 1. The summed E-state index contributed by atoms with van der Waals surface area (Å²) in [5.74, 6) is 0.782. The number of para-hydroxylation sites is 2. The van der Waals surface area contributed by atoms with Crippen LogP contribution in [0.3, 0.4) is 0 Å². The summed E-state index contributed by atoms with van der Waals surface area (Å²) in [4.78, 5) is 12.8. The van der Waals surface area contributed by atoms with Gasteiger partial charge in [0, 0.05) is 23.2 Å². The van der Waals surface area contributed by atoms with Crippen LogP contribution in [0.2, 0.25) is 0 Å². The molecule has 1 fully saturated rings. The van der Waals surface area contributed by atoms with E-state index in [1.165, 1.54) is 0 Å². The van der Waals surface area contributed by atoms with Gasteiger partial charge in [0.05, 0.1) is 12.8 Å². The maximum absolute atomic E-state index is 12.8. The van der Waals surface area contributed by atoms with Crippen molar-refractivity contribution in [1.29, 1.82) is 5.26 Å². The van der Waals surface area contributed by atoms with E-state index in [-0.39, 0.29) is 17.5 Å². The van der Waals surface area contributed by atoms with Gasteiger partial charge in [0.15, 0.2) is 17.1 Å². The topological polar surface area (TPSA) is 93.1 Å². The molecule has 0 bridgehead atoms. The van der Waals surface area contributed by atoms with Gasteiger partial charge < -0.3 is 14.5 Å². The molecular weight excluding hydrogens is 428 g/mol. The Morgan fingerprint density at radius 3 is 2.74 bits per heavy atom. The molecule has 1 aliphatic carbocycles. The van der Waals surface area contributed by atoms with Gasteiger partial charge >= 0.3 is 0 Å². The number of methoxy groups -OCH3 is 1. The third-order valence-corrected chi connectivity index (χ3v) is 6.08. The molecule has 2 aromatic carbocycles. The van der Waals surface area contributed by atoms with E-state index in [1.54, 1.807) is 24.1 Å². The summed E-state index contributed by atoms with van der Waals surface area (Å²) in [6.07, 6.45) is 7.47. The molecule has 0 saturated heterocycles. The van der Waals surface area contributed by atoms with E-state index in [9.17, 15) is 10.1 Å². The number of furan rings is 1. The van der Waals surface area contributed by atoms with Gasteiger partial charge in [0.25, 0.3) is 5.91 Å². The Morgan fingerprint density at radius 1 is 1.21 bits per heavy atom. The van der Waals surface area contributed by atoms with Gasteiger partial charge in [-0.1, -0.05) is 43.2 Å². The Labute approximate surface area is 197 Å². The van der Waals surface area contributed by atoms with Crippen LogP contribution in [-0.4, -0.2) is 28.8 Å². The average Bonchev–Trinajstić information content (AvgIpc) is 3.62. The minimum atomic E-state index is -0.362. The van der Waals surface area contributed by atoms with Crippen molar-refractivity contribution in [2.75, 3.05) is 7.11 Å². The summed E-state index contributed by atoms with van der Waals surface area (Å²) in [5, 5.41) is 18.4. The van der Waals surface area contributed by atoms with Crippen LogP contribution in [0.4, 0.5) is 0 Å². The highest BCUT2D eigenvalue weighted by molar-refractivity contribution is 6.02. The first-order chi connectivity index (χ1) is 16.7. The van der Waals surface area contributed by atoms with Crippen molar-refractivity contribution in [3.8, 4) is 29.0 Å². The lowest BCUT2D eigenvalue weighted by Gasteiger charge is -2.10. The normalized spacial score (nSPS) is 14.3. The summed E-state index contributed by atoms with van der Waals surface area (Å²) in [6, 6.07) is 19.4. The van der Waals surface area contributed by atoms with Crippen LogP contribution in [0.5, 0.6) is 5.75 Å². The van der Waals surface area contributed by atoms with Gasteiger partial charge in [-0.15, -0.1) is 0 Å². The minimum Gasteiger partial charge on any atom is -0.493 e. The van der Waals surface area contributed by atoms with Crippen molar-refractivity contribution in [2.45, 2.75) is 31.7 Å². The second kappa shape index (κ2) is 9.28. The molecule has 0 radical (unpaired) electrons. The number of hydrogen-bond acceptors (Lipinski definition) is 5. The molecule has 0 aliphatic heterocycles. The van der Waals surface area contributed by atoms with Crippen molar-refractivity contribution < 1.29 is 13.9 Å². The van der Waals surface area contributed by atoms with E-state index >= 15 is 0 Å². The van der Waals surface area contributed by atoms with E-state index in [0.29, 0.717) is 28.4 Å². The van der Waals surface area contributed by atoms with Gasteiger partial charge in [-0.05, 0) is 43.2 Å². The minimum absolute atomic E-state index is 0.0365. The van der Waals surface area contributed by atoms with E-state index in [2.05, 4.69) is 11.4 Å². The fraction of sp³-hybridized carbons (Fsp3) is 0.222. The highest BCUT2D eigenvalue weighted by atomic mass is 16.5. The Kier molecular flexibility index (Phi) is 5.88. The highest BCUT2D eigenvalue weighted by Gasteiger charge is 2.22. The summed E-state index contributed by atoms with van der Waals surface area (Å²) >= 11 is 0. The zero-order valence-corrected chi connectivity index (χ0v) is 18.8. The molecule has 34 heavy (non-hydrogen) atoms. The zero-order chi connectivity index (χ0) is 23.5. The number of nitrogens with one attached hydrogen (secondary N) is 1. The number of ether oxygens (including phenoxy) is 1. The lowest BCUT2D eigenvalue weighted by Crippen LogP contribution is -2.33. The molecule has 1 amide bonds. The largest absolute Gasteiger partial charge is 0.493 e. The number of hydrogen-bond donors (Lipinski definition) is 1. The molecule has 0 unspecified atom stereocenters. The molecule has 7 heteroatoms. The molecule has 2 aromatic heterocycles. The van der Waals surface area contributed by atoms with Crippen LogP contribution < -0.4 is 10.1 Å². The molecule has 7 nitrogen and oxygen atoms in total. The van der Waals surface area contributed by atoms with E-state index in [4.69, 9.17) is 14.3 Å². The first-order valence-electron chi connectivity index (χ1n) is 11.3. The Balaban J connectivity index is 1.60. The van der Waals surface area contributed by atoms with Crippen LogP contribution in [0.25, 0.3) is 34.2 Å². The molecular formula is C27H24N4O3. The molecule has 1 saturated carbocycles. The molecule has 0 atom stereocenters. The van der Waals surface area contributed by atoms with Crippen molar-refractivity contribution in [3.63, 3.8) is 0 Å². The molecule has 170 valence electrons. The molecule has 5 rings (SSSR count). The van der Waals surface area contributed by atoms with Crippen molar-refractivity contribution in [3.05, 3.63) is 71.9 Å². The van der Waals surface area contributed by atoms with E-state index < -0.39 is 0 Å². The van der Waals surface area contributed by atoms with Gasteiger partial charge in [-0.3, -0.25) is 4.79 Å². The quantitative estimate of drug-likeness (QED) is 0.318. The molecule has 1 aliphatic rings. The number of aromatic nitrogens is 2. The van der Waals surface area contributed by atoms with E-state index in [0.717, 1.165) is 36.8 Å². The maximum atomic E-state index is 12.8. The van der Waals surface area contributed by atoms with Crippen molar-refractivity contribution in [2.24, 2.45) is 0 Å². The average molecular weight is 453 g/mol. The zero-order valence-electron chi connectivity index (χ0n) is 18.8. The van der Waals surface area contributed by atoms with Crippen LogP contribution >= 0.6 is 0 Å². The summed E-state index contributed by atoms with van der Waals surface area (Å²) in [7, 11) is 1.59. The number of nitrogens with zero attached hydrogens (tertiary/aromatic N) is 3. The Bertz CT molecular complexity index is 1400. The lowest BCUT2D eigenvalue weighted by atomic mass is 10.1. The first kappa shape index (κ1) is 21.5. The van der Waals surface area contributed by atoms with Crippen LogP contribution in [0.15, 0.2) is 70.8 Å². The van der Waals surface area contributed by atoms with Crippen LogP contribution in [0, 0.1) is 11.3 Å². The fourth-order valence-corrected chi connectivity index (χ4v) is 4.35. The maximum Gasteiger partial charge on any atom is 0.262 e. The second-order valence-corrected chi connectivity index (χ2v) is 8.33. The molecule has 0 spiro atoms. The fourth-order valence-electron chi connectivity index (χ4n) is 4.35. The highest BCUT2D eigenvalue weighted by Crippen LogP contribution is 2.35. The monoisotopic (exact) mass is 452 g/mol. The lowest BCUT2D eigenvalue weighted by molar-refractivity contribution is -0.117. The SMILES string of the molecule is COc1cccc2cc(-c3nn(-c4ccccc4)cc3/C=C(/C#N)C(=O)NC3CCCC3)oc12. The summed E-state index contributed by atoms with van der Waals surface area (Å²) < 4.78 is 13.3. The number of benzene rings is 2. The molecule has 2 heterocycles. The van der Waals surface area contributed by atoms with Crippen molar-refractivity contribution in [1.82, 2.24) is 15.1 Å². The Morgan fingerprint density at radius 2 is 2.00 bits per heavy atom. The number of fused-ring (bicyclic) bond motifs is 1. The third-order valence-electron chi connectivity index (χ3n) is 6.08. The molecule has 4 aromatic rings.